The molecule has 0 saturated carbocycles. The Labute approximate surface area is 295 Å². The average Bonchev–Trinajstić information content (AvgIpc) is 3.82. The second-order valence-electron chi connectivity index (χ2n) is 10.6. The van der Waals surface area contributed by atoms with E-state index >= 15 is 0 Å². The number of hydrogen-bond acceptors (Lipinski definition) is 11. The van der Waals surface area contributed by atoms with Crippen molar-refractivity contribution in [2.75, 3.05) is 33.4 Å². The maximum atomic E-state index is 12.7. The summed E-state index contributed by atoms with van der Waals surface area (Å²) in [7, 11) is 1.69. The molecule has 0 aliphatic rings. The zero-order chi connectivity index (χ0) is 35.0. The molecule has 4 heterocycles. The van der Waals surface area contributed by atoms with Crippen LogP contribution in [0, 0.1) is 45.9 Å². The number of oxime groups is 1. The van der Waals surface area contributed by atoms with Gasteiger partial charge in [-0.25, -0.2) is 0 Å². The van der Waals surface area contributed by atoms with Gasteiger partial charge in [0.2, 0.25) is 0 Å². The Morgan fingerprint density at radius 2 is 1.56 bits per heavy atom. The van der Waals surface area contributed by atoms with Gasteiger partial charge < -0.3 is 31.7 Å². The molecule has 0 unspecified atom stereocenters. The molecule has 4 aromatic heterocycles. The summed E-state index contributed by atoms with van der Waals surface area (Å²) in [6.07, 6.45) is 2.89. The number of aliphatic imine (C=N–C) groups is 1. The standard InChI is InChI=1S/C33H37N7O4S4/c1-17-13-23(14-22(15-34)32(42)38-11-12-40-44-16-25(41)37-9-10-39-33(35)36)45-27(17)29-20(4)21(5)31(48-29)30-19(3)18(2)28(47-30)24-7-8-26(43-6)46-24/h7-8,12-14H,9-11,16H2,1-6H3,(H,37,41)(H,38,42)(H4,35,36,39)/b22-14+,40-12-. The minimum atomic E-state index is -0.540. The quantitative estimate of drug-likeness (QED) is 0.0313. The van der Waals surface area contributed by atoms with Gasteiger partial charge in [-0.15, -0.1) is 34.0 Å². The lowest BCUT2D eigenvalue weighted by Crippen LogP contribution is -2.31. The van der Waals surface area contributed by atoms with E-state index in [1.54, 1.807) is 47.2 Å². The number of hydrogen-bond donors (Lipinski definition) is 4. The third-order valence-electron chi connectivity index (χ3n) is 7.33. The highest BCUT2D eigenvalue weighted by Gasteiger charge is 2.23. The topological polar surface area (TPSA) is 177 Å². The molecule has 0 atom stereocenters. The van der Waals surface area contributed by atoms with Gasteiger partial charge in [-0.1, -0.05) is 16.5 Å². The van der Waals surface area contributed by atoms with Gasteiger partial charge in [0.1, 0.15) is 11.6 Å². The van der Waals surface area contributed by atoms with Crippen LogP contribution >= 0.6 is 45.3 Å². The lowest BCUT2D eigenvalue weighted by molar-refractivity contribution is -0.125. The Morgan fingerprint density at radius 1 is 0.917 bits per heavy atom. The predicted octanol–water partition coefficient (Wildman–Crippen LogP) is 5.90. The van der Waals surface area contributed by atoms with Crippen LogP contribution in [0.15, 0.2) is 33.9 Å². The molecule has 4 aromatic rings. The van der Waals surface area contributed by atoms with Crippen LogP contribution in [0.2, 0.25) is 0 Å². The molecule has 0 spiro atoms. The Bertz CT molecular complexity index is 1930. The van der Waals surface area contributed by atoms with Crippen molar-refractivity contribution in [3.63, 3.8) is 0 Å². The van der Waals surface area contributed by atoms with E-state index in [9.17, 15) is 14.9 Å². The number of nitrogens with two attached hydrogens (primary N) is 2. The zero-order valence-corrected chi connectivity index (χ0v) is 30.7. The third-order valence-corrected chi connectivity index (χ3v) is 12.9. The van der Waals surface area contributed by atoms with Crippen LogP contribution < -0.4 is 26.8 Å². The molecular formula is C33H37N7O4S4. The molecule has 252 valence electrons. The summed E-state index contributed by atoms with van der Waals surface area (Å²) in [5.74, 6) is -0.990. The van der Waals surface area contributed by atoms with Gasteiger partial charge in [0, 0.05) is 40.7 Å². The highest BCUT2D eigenvalue weighted by Crippen LogP contribution is 2.51. The van der Waals surface area contributed by atoms with Gasteiger partial charge in [0.15, 0.2) is 17.6 Å². The van der Waals surface area contributed by atoms with E-state index in [4.69, 9.17) is 21.0 Å². The molecule has 0 aliphatic heterocycles. The average molecular weight is 724 g/mol. The van der Waals surface area contributed by atoms with E-state index in [1.165, 1.54) is 52.9 Å². The molecule has 4 rings (SSSR count). The van der Waals surface area contributed by atoms with E-state index in [-0.39, 0.29) is 37.8 Å². The van der Waals surface area contributed by atoms with Crippen LogP contribution in [0.25, 0.3) is 35.3 Å². The van der Waals surface area contributed by atoms with Crippen molar-refractivity contribution in [1.29, 1.82) is 5.26 Å². The number of nitriles is 1. The van der Waals surface area contributed by atoms with E-state index < -0.39 is 11.8 Å². The normalized spacial score (nSPS) is 11.4. The molecule has 0 radical (unpaired) electrons. The first kappa shape index (κ1) is 36.3. The number of rotatable bonds is 14. The maximum absolute atomic E-state index is 12.7. The van der Waals surface area contributed by atoms with Crippen molar-refractivity contribution in [2.24, 2.45) is 21.6 Å². The lowest BCUT2D eigenvalue weighted by Gasteiger charge is -2.02. The summed E-state index contributed by atoms with van der Waals surface area (Å²) in [6, 6.07) is 8.13. The number of ether oxygens (including phenoxy) is 1. The summed E-state index contributed by atoms with van der Waals surface area (Å²) in [4.78, 5) is 41.2. The van der Waals surface area contributed by atoms with Gasteiger partial charge in [-0.3, -0.25) is 14.6 Å². The number of carbonyl (C=O) groups excluding carboxylic acids is 2. The lowest BCUT2D eigenvalue weighted by atomic mass is 10.1. The highest BCUT2D eigenvalue weighted by molar-refractivity contribution is 7.29. The molecule has 11 nitrogen and oxygen atoms in total. The van der Waals surface area contributed by atoms with Crippen molar-refractivity contribution >= 4 is 75.4 Å². The summed E-state index contributed by atoms with van der Waals surface area (Å²) in [6.45, 7) is 11.0. The number of nitrogens with zero attached hydrogens (tertiary/aromatic N) is 3. The molecule has 48 heavy (non-hydrogen) atoms. The Morgan fingerprint density at radius 3 is 2.19 bits per heavy atom. The predicted molar refractivity (Wildman–Crippen MR) is 199 cm³/mol. The van der Waals surface area contributed by atoms with Crippen molar-refractivity contribution in [1.82, 2.24) is 10.6 Å². The van der Waals surface area contributed by atoms with Crippen LogP contribution in [0.1, 0.15) is 32.7 Å². The summed E-state index contributed by atoms with van der Waals surface area (Å²) >= 11 is 6.82. The largest absolute Gasteiger partial charge is 0.487 e. The second-order valence-corrected chi connectivity index (χ2v) is 14.8. The first-order valence-electron chi connectivity index (χ1n) is 14.8. The number of aryl methyl sites for hydroxylation is 1. The zero-order valence-electron chi connectivity index (χ0n) is 27.5. The molecule has 2 amide bonds. The monoisotopic (exact) mass is 723 g/mol. The maximum Gasteiger partial charge on any atom is 0.262 e. The molecule has 0 saturated heterocycles. The molecule has 15 heteroatoms. The summed E-state index contributed by atoms with van der Waals surface area (Å²) < 4.78 is 5.43. The van der Waals surface area contributed by atoms with Crippen LogP contribution in [0.3, 0.4) is 0 Å². The first-order valence-corrected chi connectivity index (χ1v) is 18.0. The van der Waals surface area contributed by atoms with Gasteiger partial charge in [-0.2, -0.15) is 5.26 Å². The number of amides is 2. The number of thiophene rings is 4. The van der Waals surface area contributed by atoms with Crippen LogP contribution in [-0.2, 0) is 14.4 Å². The van der Waals surface area contributed by atoms with Crippen LogP contribution in [0.5, 0.6) is 5.06 Å². The van der Waals surface area contributed by atoms with E-state index in [1.807, 2.05) is 36.5 Å². The first-order chi connectivity index (χ1) is 22.9. The minimum Gasteiger partial charge on any atom is -0.487 e. The van der Waals surface area contributed by atoms with Crippen molar-refractivity contribution in [3.05, 3.63) is 56.5 Å². The Balaban J connectivity index is 1.43. The van der Waals surface area contributed by atoms with Gasteiger partial charge >= 0.3 is 0 Å². The van der Waals surface area contributed by atoms with Crippen molar-refractivity contribution < 1.29 is 19.2 Å². The fraction of sp³-hybridized carbons (Fsp3) is 0.303. The molecule has 0 aliphatic carbocycles. The molecular weight excluding hydrogens is 687 g/mol. The van der Waals surface area contributed by atoms with E-state index in [0.29, 0.717) is 0 Å². The number of nitrogens with one attached hydrogen (secondary N) is 2. The number of guanidine groups is 1. The number of carbonyl (C=O) groups is 2. The smallest absolute Gasteiger partial charge is 0.262 e. The SMILES string of the molecule is COc1ccc(-c2sc(-c3sc(-c4sc(/C=C(\C#N)C(=O)NC/C=N\OCC(=O)NCCN=C(N)N)cc4C)c(C)c3C)c(C)c2C)s1. The molecule has 0 bridgehead atoms. The Hall–Kier alpha value is -4.49. The van der Waals surface area contributed by atoms with Crippen molar-refractivity contribution in [3.8, 4) is 40.4 Å². The highest BCUT2D eigenvalue weighted by atomic mass is 32.1. The summed E-state index contributed by atoms with van der Waals surface area (Å²) in [5, 5.41) is 19.5. The minimum absolute atomic E-state index is 0.0124. The number of methoxy groups -OCH3 is 1. The van der Waals surface area contributed by atoms with Gasteiger partial charge in [0.25, 0.3) is 11.8 Å². The molecule has 0 fully saturated rings. The third kappa shape index (κ3) is 8.70. The fourth-order valence-corrected chi connectivity index (χ4v) is 9.80. The second kappa shape index (κ2) is 16.6. The molecule has 0 aromatic carbocycles. The summed E-state index contributed by atoms with van der Waals surface area (Å²) in [5.41, 5.74) is 16.5. The Kier molecular flexibility index (Phi) is 12.5. The van der Waals surface area contributed by atoms with Crippen LogP contribution in [-0.4, -0.2) is 57.3 Å². The van der Waals surface area contributed by atoms with Gasteiger partial charge in [-0.05, 0) is 86.7 Å². The van der Waals surface area contributed by atoms with Gasteiger partial charge in [0.05, 0.1) is 26.4 Å². The van der Waals surface area contributed by atoms with Crippen molar-refractivity contribution in [2.45, 2.75) is 34.6 Å². The fourth-order valence-electron chi connectivity index (χ4n) is 4.57. The molecule has 6 N–H and O–H groups in total. The van der Waals surface area contributed by atoms with E-state index in [2.05, 4.69) is 54.5 Å². The van der Waals surface area contributed by atoms with Crippen LogP contribution in [0.4, 0.5) is 0 Å². The van der Waals surface area contributed by atoms with E-state index in [0.717, 1.165) is 20.4 Å².